The standard InChI is InChI=1S/C10H15ClN2OS/c1-4-5-10(2,3)13-9(14)7-8(11)12-6-15-7/h6H,4-5H2,1-3H3,(H,13,14). The summed E-state index contributed by atoms with van der Waals surface area (Å²) in [6.07, 6.45) is 1.97. The minimum atomic E-state index is -0.195. The number of carbonyl (C=O) groups is 1. The predicted molar refractivity (Wildman–Crippen MR) is 63.6 cm³/mol. The van der Waals surface area contributed by atoms with Crippen molar-refractivity contribution < 1.29 is 4.79 Å². The molecule has 0 atom stereocenters. The number of rotatable bonds is 4. The zero-order chi connectivity index (χ0) is 11.5. The first kappa shape index (κ1) is 12.5. The fourth-order valence-corrected chi connectivity index (χ4v) is 2.33. The zero-order valence-corrected chi connectivity index (χ0v) is 10.7. The van der Waals surface area contributed by atoms with E-state index in [1.54, 1.807) is 5.51 Å². The van der Waals surface area contributed by atoms with Crippen molar-refractivity contribution in [2.24, 2.45) is 0 Å². The third-order valence-corrected chi connectivity index (χ3v) is 3.28. The van der Waals surface area contributed by atoms with Crippen LogP contribution >= 0.6 is 22.9 Å². The van der Waals surface area contributed by atoms with Crippen LogP contribution in [-0.4, -0.2) is 16.4 Å². The Balaban J connectivity index is 2.68. The van der Waals surface area contributed by atoms with Crippen molar-refractivity contribution in [2.45, 2.75) is 39.2 Å². The van der Waals surface area contributed by atoms with Gasteiger partial charge in [-0.25, -0.2) is 4.98 Å². The number of carbonyl (C=O) groups excluding carboxylic acids is 1. The van der Waals surface area contributed by atoms with E-state index < -0.39 is 0 Å². The highest BCUT2D eigenvalue weighted by Crippen LogP contribution is 2.20. The molecule has 0 aliphatic rings. The number of aromatic nitrogens is 1. The zero-order valence-electron chi connectivity index (χ0n) is 9.13. The van der Waals surface area contributed by atoms with Crippen LogP contribution in [0.15, 0.2) is 5.51 Å². The van der Waals surface area contributed by atoms with Gasteiger partial charge in [-0.05, 0) is 20.3 Å². The number of hydrogen-bond donors (Lipinski definition) is 1. The SMILES string of the molecule is CCCC(C)(C)NC(=O)c1scnc1Cl. The summed E-state index contributed by atoms with van der Waals surface area (Å²) in [6.45, 7) is 6.10. The summed E-state index contributed by atoms with van der Waals surface area (Å²) in [5.74, 6) is -0.138. The highest BCUT2D eigenvalue weighted by molar-refractivity contribution is 7.12. The summed E-state index contributed by atoms with van der Waals surface area (Å²) in [5, 5.41) is 3.23. The molecule has 15 heavy (non-hydrogen) atoms. The van der Waals surface area contributed by atoms with Crippen molar-refractivity contribution >= 4 is 28.8 Å². The Morgan fingerprint density at radius 3 is 2.80 bits per heavy atom. The average Bonchev–Trinajstić information content (AvgIpc) is 2.50. The molecule has 0 aromatic carbocycles. The van der Waals surface area contributed by atoms with Crippen LogP contribution < -0.4 is 5.32 Å². The minimum absolute atomic E-state index is 0.138. The number of nitrogens with one attached hydrogen (secondary N) is 1. The predicted octanol–water partition coefficient (Wildman–Crippen LogP) is 3.11. The van der Waals surface area contributed by atoms with Gasteiger partial charge in [-0.1, -0.05) is 24.9 Å². The van der Waals surface area contributed by atoms with Gasteiger partial charge in [-0.15, -0.1) is 11.3 Å². The van der Waals surface area contributed by atoms with Crippen molar-refractivity contribution in [3.63, 3.8) is 0 Å². The van der Waals surface area contributed by atoms with E-state index in [9.17, 15) is 4.79 Å². The molecule has 0 saturated heterocycles. The number of hydrogen-bond acceptors (Lipinski definition) is 3. The monoisotopic (exact) mass is 246 g/mol. The highest BCUT2D eigenvalue weighted by Gasteiger charge is 2.22. The van der Waals surface area contributed by atoms with Crippen LogP contribution in [0.25, 0.3) is 0 Å². The number of halogens is 1. The van der Waals surface area contributed by atoms with Gasteiger partial charge in [0.05, 0.1) is 5.51 Å². The first-order chi connectivity index (χ1) is 6.96. The maximum Gasteiger partial charge on any atom is 0.264 e. The second kappa shape index (κ2) is 4.94. The van der Waals surface area contributed by atoms with Gasteiger partial charge in [0, 0.05) is 5.54 Å². The molecule has 0 spiro atoms. The molecule has 1 rings (SSSR count). The number of nitrogens with zero attached hydrogens (tertiary/aromatic N) is 1. The van der Waals surface area contributed by atoms with E-state index in [1.165, 1.54) is 11.3 Å². The van der Waals surface area contributed by atoms with E-state index in [0.29, 0.717) is 4.88 Å². The lowest BCUT2D eigenvalue weighted by atomic mass is 9.99. The molecule has 0 bridgehead atoms. The lowest BCUT2D eigenvalue weighted by Gasteiger charge is -2.25. The van der Waals surface area contributed by atoms with Gasteiger partial charge < -0.3 is 5.32 Å². The third kappa shape index (κ3) is 3.47. The lowest BCUT2D eigenvalue weighted by Crippen LogP contribution is -2.43. The van der Waals surface area contributed by atoms with Crippen molar-refractivity contribution in [3.05, 3.63) is 15.5 Å². The van der Waals surface area contributed by atoms with Gasteiger partial charge in [0.15, 0.2) is 5.15 Å². The van der Waals surface area contributed by atoms with Crippen LogP contribution in [0, 0.1) is 0 Å². The summed E-state index contributed by atoms with van der Waals surface area (Å²) in [5.41, 5.74) is 1.38. The fraction of sp³-hybridized carbons (Fsp3) is 0.600. The smallest absolute Gasteiger partial charge is 0.264 e. The Bertz CT molecular complexity index is 349. The minimum Gasteiger partial charge on any atom is -0.346 e. The summed E-state index contributed by atoms with van der Waals surface area (Å²) in [7, 11) is 0. The molecule has 1 N–H and O–H groups in total. The van der Waals surface area contributed by atoms with Crippen LogP contribution in [0.3, 0.4) is 0 Å². The molecule has 0 fully saturated rings. The second-order valence-electron chi connectivity index (χ2n) is 4.06. The van der Waals surface area contributed by atoms with Crippen molar-refractivity contribution in [2.75, 3.05) is 0 Å². The molecule has 1 heterocycles. The van der Waals surface area contributed by atoms with Gasteiger partial charge in [-0.3, -0.25) is 4.79 Å². The molecule has 0 saturated carbocycles. The van der Waals surface area contributed by atoms with Crippen molar-refractivity contribution in [1.82, 2.24) is 10.3 Å². The quantitative estimate of drug-likeness (QED) is 0.887. The topological polar surface area (TPSA) is 42.0 Å². The molecule has 0 unspecified atom stereocenters. The Hall–Kier alpha value is -0.610. The highest BCUT2D eigenvalue weighted by atomic mass is 35.5. The molecule has 1 aromatic rings. The van der Waals surface area contributed by atoms with Gasteiger partial charge >= 0.3 is 0 Å². The lowest BCUT2D eigenvalue weighted by molar-refractivity contribution is 0.0913. The molecule has 0 aliphatic heterocycles. The van der Waals surface area contributed by atoms with E-state index in [-0.39, 0.29) is 16.6 Å². The van der Waals surface area contributed by atoms with Crippen LogP contribution in [0.4, 0.5) is 0 Å². The van der Waals surface area contributed by atoms with E-state index >= 15 is 0 Å². The van der Waals surface area contributed by atoms with Crippen LogP contribution in [0.1, 0.15) is 43.3 Å². The Morgan fingerprint density at radius 1 is 1.67 bits per heavy atom. The number of amides is 1. The third-order valence-electron chi connectivity index (χ3n) is 2.06. The maximum atomic E-state index is 11.8. The first-order valence-corrected chi connectivity index (χ1v) is 6.13. The summed E-state index contributed by atoms with van der Waals surface area (Å²) in [4.78, 5) is 16.1. The summed E-state index contributed by atoms with van der Waals surface area (Å²) >= 11 is 7.04. The second-order valence-corrected chi connectivity index (χ2v) is 5.27. The summed E-state index contributed by atoms with van der Waals surface area (Å²) < 4.78 is 0. The maximum absolute atomic E-state index is 11.8. The number of thiazole rings is 1. The molecule has 0 aliphatic carbocycles. The molecule has 84 valence electrons. The average molecular weight is 247 g/mol. The Morgan fingerprint density at radius 2 is 2.33 bits per heavy atom. The van der Waals surface area contributed by atoms with E-state index in [1.807, 2.05) is 13.8 Å². The molecular formula is C10H15ClN2OS. The fourth-order valence-electron chi connectivity index (χ4n) is 1.43. The van der Waals surface area contributed by atoms with Gasteiger partial charge in [0.1, 0.15) is 4.88 Å². The molecular weight excluding hydrogens is 232 g/mol. The Kier molecular flexibility index (Phi) is 4.11. The summed E-state index contributed by atoms with van der Waals surface area (Å²) in [6, 6.07) is 0. The van der Waals surface area contributed by atoms with Crippen molar-refractivity contribution in [1.29, 1.82) is 0 Å². The molecule has 3 nitrogen and oxygen atoms in total. The van der Waals surface area contributed by atoms with Crippen molar-refractivity contribution in [3.8, 4) is 0 Å². The molecule has 5 heteroatoms. The van der Waals surface area contributed by atoms with Gasteiger partial charge in [0.2, 0.25) is 0 Å². The molecule has 1 amide bonds. The van der Waals surface area contributed by atoms with E-state index in [4.69, 9.17) is 11.6 Å². The largest absolute Gasteiger partial charge is 0.346 e. The van der Waals surface area contributed by atoms with E-state index in [2.05, 4.69) is 17.2 Å². The van der Waals surface area contributed by atoms with Crippen LogP contribution in [0.2, 0.25) is 5.15 Å². The Labute approximate surface area is 98.9 Å². The first-order valence-electron chi connectivity index (χ1n) is 4.88. The van der Waals surface area contributed by atoms with E-state index in [0.717, 1.165) is 12.8 Å². The molecule has 0 radical (unpaired) electrons. The van der Waals surface area contributed by atoms with Gasteiger partial charge in [-0.2, -0.15) is 0 Å². The van der Waals surface area contributed by atoms with Crippen LogP contribution in [0.5, 0.6) is 0 Å². The van der Waals surface area contributed by atoms with Crippen LogP contribution in [-0.2, 0) is 0 Å². The van der Waals surface area contributed by atoms with Gasteiger partial charge in [0.25, 0.3) is 5.91 Å². The normalized spacial score (nSPS) is 11.5. The molecule has 1 aromatic heterocycles.